The maximum Gasteiger partial charge on any atom is 0.246 e. The Bertz CT molecular complexity index is 609. The molecule has 1 saturated heterocycles. The molecule has 5 nitrogen and oxygen atoms in total. The molecule has 0 unspecified atom stereocenters. The van der Waals surface area contributed by atoms with E-state index in [1.165, 1.54) is 12.1 Å². The number of hydrogen-bond acceptors (Lipinski definition) is 4. The van der Waals surface area contributed by atoms with Crippen LogP contribution in [-0.2, 0) is 17.8 Å². The number of likely N-dealkylation sites (tertiary alicyclic amines) is 1. The fourth-order valence-electron chi connectivity index (χ4n) is 2.25. The van der Waals surface area contributed by atoms with Gasteiger partial charge >= 0.3 is 0 Å². The first-order valence-corrected chi connectivity index (χ1v) is 6.54. The Kier molecular flexibility index (Phi) is 3.45. The zero-order valence-electron chi connectivity index (χ0n) is 10.9. The van der Waals surface area contributed by atoms with E-state index in [0.717, 1.165) is 18.5 Å². The first-order valence-electron chi connectivity index (χ1n) is 6.54. The van der Waals surface area contributed by atoms with Gasteiger partial charge in [-0.1, -0.05) is 17.3 Å². The molecule has 0 radical (unpaired) electrons. The molecule has 0 atom stereocenters. The number of nitrogens with zero attached hydrogens (tertiary/aromatic N) is 3. The summed E-state index contributed by atoms with van der Waals surface area (Å²) >= 11 is 0. The van der Waals surface area contributed by atoms with Crippen molar-refractivity contribution < 1.29 is 13.7 Å². The van der Waals surface area contributed by atoms with Gasteiger partial charge < -0.3 is 9.42 Å². The molecule has 0 spiro atoms. The van der Waals surface area contributed by atoms with E-state index in [0.29, 0.717) is 31.1 Å². The Labute approximate surface area is 115 Å². The van der Waals surface area contributed by atoms with Gasteiger partial charge in [0.05, 0.1) is 6.54 Å². The van der Waals surface area contributed by atoms with Crippen molar-refractivity contribution >= 4 is 5.91 Å². The minimum Gasteiger partial charge on any atom is -0.337 e. The normalized spacial score (nSPS) is 15.1. The van der Waals surface area contributed by atoms with E-state index in [9.17, 15) is 9.18 Å². The smallest absolute Gasteiger partial charge is 0.246 e. The maximum atomic E-state index is 12.8. The first kappa shape index (κ1) is 12.8. The molecule has 20 heavy (non-hydrogen) atoms. The standard InChI is InChI=1S/C14H14FN3O2/c15-11-5-3-10(4-6-11)8-12-16-13(20-17-12)9-18-7-1-2-14(18)19/h3-6H,1-2,7-9H2. The second kappa shape index (κ2) is 5.40. The lowest BCUT2D eigenvalue weighted by molar-refractivity contribution is -0.128. The van der Waals surface area contributed by atoms with Gasteiger partial charge in [-0.05, 0) is 24.1 Å². The number of benzene rings is 1. The van der Waals surface area contributed by atoms with E-state index in [-0.39, 0.29) is 11.7 Å². The van der Waals surface area contributed by atoms with Gasteiger partial charge in [0.1, 0.15) is 5.82 Å². The number of halogens is 1. The van der Waals surface area contributed by atoms with Gasteiger partial charge in [-0.25, -0.2) is 4.39 Å². The molecule has 0 bridgehead atoms. The van der Waals surface area contributed by atoms with Crippen LogP contribution in [0.1, 0.15) is 30.1 Å². The van der Waals surface area contributed by atoms with Crippen LogP contribution in [0, 0.1) is 5.82 Å². The predicted molar refractivity (Wildman–Crippen MR) is 68.2 cm³/mol. The molecule has 0 aliphatic carbocycles. The van der Waals surface area contributed by atoms with Crippen molar-refractivity contribution in [3.05, 3.63) is 47.4 Å². The van der Waals surface area contributed by atoms with E-state index < -0.39 is 0 Å². The van der Waals surface area contributed by atoms with E-state index in [2.05, 4.69) is 10.1 Å². The van der Waals surface area contributed by atoms with E-state index in [1.54, 1.807) is 17.0 Å². The highest BCUT2D eigenvalue weighted by Crippen LogP contribution is 2.14. The van der Waals surface area contributed by atoms with Crippen LogP contribution in [0.2, 0.25) is 0 Å². The van der Waals surface area contributed by atoms with Crippen molar-refractivity contribution in [1.29, 1.82) is 0 Å². The Hall–Kier alpha value is -2.24. The molecule has 1 aliphatic rings. The number of aromatic nitrogens is 2. The van der Waals surface area contributed by atoms with Crippen LogP contribution < -0.4 is 0 Å². The Morgan fingerprint density at radius 3 is 2.80 bits per heavy atom. The lowest BCUT2D eigenvalue weighted by Crippen LogP contribution is -2.23. The molecule has 2 aromatic rings. The highest BCUT2D eigenvalue weighted by molar-refractivity contribution is 5.77. The highest BCUT2D eigenvalue weighted by Gasteiger charge is 2.22. The van der Waals surface area contributed by atoms with E-state index in [1.807, 2.05) is 0 Å². The summed E-state index contributed by atoms with van der Waals surface area (Å²) in [5.41, 5.74) is 0.913. The molecule has 1 amide bonds. The molecule has 0 N–H and O–H groups in total. The van der Waals surface area contributed by atoms with Crippen LogP contribution in [0.5, 0.6) is 0 Å². The summed E-state index contributed by atoms with van der Waals surface area (Å²) in [6.45, 7) is 1.11. The largest absolute Gasteiger partial charge is 0.337 e. The van der Waals surface area contributed by atoms with Crippen molar-refractivity contribution in [2.45, 2.75) is 25.8 Å². The zero-order chi connectivity index (χ0) is 13.9. The predicted octanol–water partition coefficient (Wildman–Crippen LogP) is 1.92. The quantitative estimate of drug-likeness (QED) is 0.855. The van der Waals surface area contributed by atoms with Gasteiger partial charge in [0, 0.05) is 19.4 Å². The van der Waals surface area contributed by atoms with E-state index in [4.69, 9.17) is 4.52 Å². The van der Waals surface area contributed by atoms with Crippen molar-refractivity contribution in [3.8, 4) is 0 Å². The van der Waals surface area contributed by atoms with Gasteiger partial charge in [-0.2, -0.15) is 4.98 Å². The van der Waals surface area contributed by atoms with E-state index >= 15 is 0 Å². The topological polar surface area (TPSA) is 59.2 Å². The molecular weight excluding hydrogens is 261 g/mol. The summed E-state index contributed by atoms with van der Waals surface area (Å²) in [4.78, 5) is 17.5. The number of carbonyl (C=O) groups is 1. The summed E-state index contributed by atoms with van der Waals surface area (Å²) < 4.78 is 17.9. The second-order valence-electron chi connectivity index (χ2n) is 4.83. The maximum absolute atomic E-state index is 12.8. The minimum atomic E-state index is -0.268. The fraction of sp³-hybridized carbons (Fsp3) is 0.357. The van der Waals surface area contributed by atoms with Crippen LogP contribution in [0.3, 0.4) is 0 Å². The lowest BCUT2D eigenvalue weighted by atomic mass is 10.1. The second-order valence-corrected chi connectivity index (χ2v) is 4.83. The van der Waals surface area contributed by atoms with Crippen molar-refractivity contribution in [2.75, 3.05) is 6.54 Å². The molecule has 3 rings (SSSR count). The van der Waals surface area contributed by atoms with Gasteiger partial charge in [0.25, 0.3) is 0 Å². The molecule has 2 heterocycles. The molecule has 6 heteroatoms. The average molecular weight is 275 g/mol. The summed E-state index contributed by atoms with van der Waals surface area (Å²) in [6.07, 6.45) is 1.96. The number of hydrogen-bond donors (Lipinski definition) is 0. The fourth-order valence-corrected chi connectivity index (χ4v) is 2.25. The number of carbonyl (C=O) groups excluding carboxylic acids is 1. The van der Waals surface area contributed by atoms with Crippen LogP contribution >= 0.6 is 0 Å². The highest BCUT2D eigenvalue weighted by atomic mass is 19.1. The molecule has 1 aromatic heterocycles. The summed E-state index contributed by atoms with van der Waals surface area (Å²) in [5, 5.41) is 3.88. The third kappa shape index (κ3) is 2.84. The lowest BCUT2D eigenvalue weighted by Gasteiger charge is -2.11. The minimum absolute atomic E-state index is 0.128. The average Bonchev–Trinajstić information content (AvgIpc) is 3.03. The van der Waals surface area contributed by atoms with Crippen molar-refractivity contribution in [3.63, 3.8) is 0 Å². The molecule has 1 fully saturated rings. The number of amides is 1. The molecule has 104 valence electrons. The molecule has 1 aliphatic heterocycles. The van der Waals surface area contributed by atoms with Gasteiger partial charge in [-0.3, -0.25) is 4.79 Å². The summed E-state index contributed by atoms with van der Waals surface area (Å²) in [6, 6.07) is 6.18. The summed E-state index contributed by atoms with van der Waals surface area (Å²) in [7, 11) is 0. The monoisotopic (exact) mass is 275 g/mol. The summed E-state index contributed by atoms with van der Waals surface area (Å²) in [5.74, 6) is 0.842. The third-order valence-electron chi connectivity index (χ3n) is 3.28. The third-order valence-corrected chi connectivity index (χ3v) is 3.28. The Morgan fingerprint density at radius 1 is 1.30 bits per heavy atom. The van der Waals surface area contributed by atoms with Gasteiger partial charge in [0.2, 0.25) is 11.8 Å². The van der Waals surface area contributed by atoms with Crippen molar-refractivity contribution in [1.82, 2.24) is 15.0 Å². The van der Waals surface area contributed by atoms with Crippen LogP contribution in [0.15, 0.2) is 28.8 Å². The SMILES string of the molecule is O=C1CCCN1Cc1nc(Cc2ccc(F)cc2)no1. The van der Waals surface area contributed by atoms with Gasteiger partial charge in [0.15, 0.2) is 5.82 Å². The Morgan fingerprint density at radius 2 is 2.10 bits per heavy atom. The molecular formula is C14H14FN3O2. The van der Waals surface area contributed by atoms with Crippen LogP contribution in [0.4, 0.5) is 4.39 Å². The number of rotatable bonds is 4. The van der Waals surface area contributed by atoms with Crippen molar-refractivity contribution in [2.24, 2.45) is 0 Å². The zero-order valence-corrected chi connectivity index (χ0v) is 10.9. The molecule has 1 aromatic carbocycles. The van der Waals surface area contributed by atoms with Gasteiger partial charge in [-0.15, -0.1) is 0 Å². The Balaban J connectivity index is 1.64. The van der Waals surface area contributed by atoms with Crippen LogP contribution in [-0.4, -0.2) is 27.5 Å². The molecule has 0 saturated carbocycles. The van der Waals surface area contributed by atoms with Crippen LogP contribution in [0.25, 0.3) is 0 Å². The first-order chi connectivity index (χ1) is 9.70.